The molecule has 8 rings (SSSR count). The number of hydrogen-bond acceptors (Lipinski definition) is 5. The smallest absolute Gasteiger partial charge is 0.204 e. The lowest BCUT2D eigenvalue weighted by atomic mass is 9.97. The van der Waals surface area contributed by atoms with Gasteiger partial charge in [-0.25, -0.2) is 26.3 Å². The van der Waals surface area contributed by atoms with Crippen molar-refractivity contribution >= 4 is 42.8 Å². The van der Waals surface area contributed by atoms with Crippen molar-refractivity contribution in [1.82, 2.24) is 0 Å². The average Bonchev–Trinajstić information content (AvgIpc) is 3.66. The average molecular weight is 691 g/mol. The van der Waals surface area contributed by atoms with Crippen LogP contribution < -0.4 is 9.47 Å². The SMILES string of the molecule is CCc1cccc2c3c(sc12)C(OC1c2sc4c(CC)cccc4c2Oc2c(F)c(F)c(F)c(F)c21)c1c(F)c(F)c(F)c(F)c1O3. The van der Waals surface area contributed by atoms with Gasteiger partial charge in [0.25, 0.3) is 0 Å². The largest absolute Gasteiger partial charge is 0.452 e. The lowest BCUT2D eigenvalue weighted by Gasteiger charge is -2.33. The second-order valence-electron chi connectivity index (χ2n) is 11.0. The first-order chi connectivity index (χ1) is 22.6. The zero-order valence-corrected chi connectivity index (χ0v) is 25.7. The van der Waals surface area contributed by atoms with Crippen molar-refractivity contribution in [2.45, 2.75) is 38.9 Å². The summed E-state index contributed by atoms with van der Waals surface area (Å²) in [6, 6.07) is 10.3. The van der Waals surface area contributed by atoms with Gasteiger partial charge in [0.05, 0.1) is 20.9 Å². The normalized spacial score (nSPS) is 16.5. The van der Waals surface area contributed by atoms with Crippen LogP contribution in [0.3, 0.4) is 0 Å². The summed E-state index contributed by atoms with van der Waals surface area (Å²) in [5, 5.41) is 0.863. The number of hydrogen-bond donors (Lipinski definition) is 0. The zero-order valence-electron chi connectivity index (χ0n) is 24.1. The summed E-state index contributed by atoms with van der Waals surface area (Å²) in [4.78, 5) is 0.150. The number of halogens is 8. The van der Waals surface area contributed by atoms with Gasteiger partial charge in [-0.15, -0.1) is 22.7 Å². The summed E-state index contributed by atoms with van der Waals surface area (Å²) < 4.78 is 140. The molecule has 2 unspecified atom stereocenters. The predicted molar refractivity (Wildman–Crippen MR) is 160 cm³/mol. The highest BCUT2D eigenvalue weighted by Crippen LogP contribution is 2.60. The lowest BCUT2D eigenvalue weighted by molar-refractivity contribution is 0.0191. The van der Waals surface area contributed by atoms with Crippen molar-refractivity contribution in [3.63, 3.8) is 0 Å². The molecule has 0 amide bonds. The first-order valence-corrected chi connectivity index (χ1v) is 16.0. The van der Waals surface area contributed by atoms with E-state index in [1.54, 1.807) is 24.3 Å². The molecule has 0 N–H and O–H groups in total. The molecule has 0 saturated carbocycles. The Balaban J connectivity index is 1.44. The maximum Gasteiger partial charge on any atom is 0.204 e. The Kier molecular flexibility index (Phi) is 6.84. The lowest BCUT2D eigenvalue weighted by Crippen LogP contribution is -2.23. The maximum atomic E-state index is 15.7. The van der Waals surface area contributed by atoms with Crippen LogP contribution in [0.4, 0.5) is 35.1 Å². The molecule has 0 aliphatic carbocycles. The van der Waals surface area contributed by atoms with Crippen molar-refractivity contribution < 1.29 is 49.3 Å². The van der Waals surface area contributed by atoms with E-state index in [1.165, 1.54) is 0 Å². The van der Waals surface area contributed by atoms with E-state index in [-0.39, 0.29) is 21.3 Å². The zero-order chi connectivity index (χ0) is 33.0. The Morgan fingerprint density at radius 1 is 0.532 bits per heavy atom. The predicted octanol–water partition coefficient (Wildman–Crippen LogP) is 11.5. The molecule has 2 atom stereocenters. The van der Waals surface area contributed by atoms with Gasteiger partial charge >= 0.3 is 0 Å². The molecule has 0 spiro atoms. The Morgan fingerprint density at radius 3 is 1.30 bits per heavy atom. The fourth-order valence-electron chi connectivity index (χ4n) is 6.25. The van der Waals surface area contributed by atoms with E-state index >= 15 is 17.6 Å². The van der Waals surface area contributed by atoms with Crippen molar-refractivity contribution in [2.24, 2.45) is 0 Å². The molecule has 0 fully saturated rings. The van der Waals surface area contributed by atoms with E-state index in [0.717, 1.165) is 33.8 Å². The van der Waals surface area contributed by atoms with Gasteiger partial charge in [0, 0.05) is 20.2 Å². The van der Waals surface area contributed by atoms with Gasteiger partial charge in [0.2, 0.25) is 23.3 Å². The topological polar surface area (TPSA) is 27.7 Å². The number of ether oxygens (including phenoxy) is 3. The Hall–Kier alpha value is -4.20. The Morgan fingerprint density at radius 2 is 0.915 bits per heavy atom. The van der Waals surface area contributed by atoms with Gasteiger partial charge in [-0.1, -0.05) is 38.1 Å². The van der Waals surface area contributed by atoms with Gasteiger partial charge in [-0.05, 0) is 36.1 Å². The molecule has 47 heavy (non-hydrogen) atoms. The summed E-state index contributed by atoms with van der Waals surface area (Å²) in [6.45, 7) is 3.75. The van der Waals surface area contributed by atoms with Gasteiger partial charge in [0.1, 0.15) is 12.2 Å². The van der Waals surface area contributed by atoms with Gasteiger partial charge in [0.15, 0.2) is 46.3 Å². The van der Waals surface area contributed by atoms with Crippen LogP contribution in [-0.4, -0.2) is 0 Å². The monoisotopic (exact) mass is 690 g/mol. The third-order valence-corrected chi connectivity index (χ3v) is 11.1. The van der Waals surface area contributed by atoms with E-state index in [2.05, 4.69) is 0 Å². The Bertz CT molecular complexity index is 2170. The van der Waals surface area contributed by atoms with E-state index in [4.69, 9.17) is 14.2 Å². The minimum Gasteiger partial charge on any atom is -0.452 e. The molecular weight excluding hydrogens is 672 g/mol. The summed E-state index contributed by atoms with van der Waals surface area (Å²) in [7, 11) is 0. The molecule has 2 aromatic heterocycles. The third kappa shape index (κ3) is 4.05. The van der Waals surface area contributed by atoms with Crippen molar-refractivity contribution in [3.05, 3.63) is 115 Å². The number of benzene rings is 4. The molecule has 0 bridgehead atoms. The van der Waals surface area contributed by atoms with E-state index < -0.39 is 81.4 Å². The van der Waals surface area contributed by atoms with Gasteiger partial charge < -0.3 is 14.2 Å². The van der Waals surface area contributed by atoms with Gasteiger partial charge in [-0.2, -0.15) is 8.78 Å². The van der Waals surface area contributed by atoms with Gasteiger partial charge in [-0.3, -0.25) is 0 Å². The minimum atomic E-state index is -2.15. The molecule has 240 valence electrons. The first kappa shape index (κ1) is 30.2. The Labute approximate surface area is 268 Å². The van der Waals surface area contributed by atoms with Crippen LogP contribution in [0.5, 0.6) is 23.0 Å². The second kappa shape index (κ2) is 10.7. The van der Waals surface area contributed by atoms with Crippen LogP contribution in [0.15, 0.2) is 36.4 Å². The van der Waals surface area contributed by atoms with Crippen LogP contribution in [0, 0.1) is 46.5 Å². The van der Waals surface area contributed by atoms with Crippen LogP contribution in [-0.2, 0) is 17.6 Å². The minimum absolute atomic E-state index is 0.0452. The standard InChI is InChI=1S/C34H18F8O3S2/c1-3-11-7-5-9-13-25-33(46-31(11)13)29(15-17(35)19(37)21(39)23(41)27(15)43-25)45-30-16-18(36)20(38)22(40)24(42)28(16)44-26-14-10-6-8-12(4-2)32(14)47-34(26)30/h5-10,29-30H,3-4H2,1-2H3. The molecule has 0 radical (unpaired) electrons. The molecular formula is C34H18F8O3S2. The summed E-state index contributed by atoms with van der Waals surface area (Å²) in [6.07, 6.45) is -2.57. The molecule has 2 aliphatic rings. The van der Waals surface area contributed by atoms with Crippen molar-refractivity contribution in [3.8, 4) is 23.0 Å². The molecule has 3 nitrogen and oxygen atoms in total. The summed E-state index contributed by atoms with van der Waals surface area (Å²) in [5.41, 5.74) is -0.140. The molecule has 13 heteroatoms. The highest BCUT2D eigenvalue weighted by Gasteiger charge is 2.46. The van der Waals surface area contributed by atoms with E-state index in [9.17, 15) is 17.6 Å². The molecule has 2 aliphatic heterocycles. The number of thiophene rings is 2. The maximum absolute atomic E-state index is 15.7. The van der Waals surface area contributed by atoms with E-state index in [1.807, 2.05) is 26.0 Å². The fourth-order valence-corrected chi connectivity index (χ4v) is 8.96. The fraction of sp³-hybridized carbons (Fsp3) is 0.176. The van der Waals surface area contributed by atoms with Crippen LogP contribution in [0.2, 0.25) is 0 Å². The second-order valence-corrected chi connectivity index (χ2v) is 13.1. The molecule has 4 heterocycles. The van der Waals surface area contributed by atoms with Crippen molar-refractivity contribution in [1.29, 1.82) is 0 Å². The highest BCUT2D eigenvalue weighted by molar-refractivity contribution is 7.20. The summed E-state index contributed by atoms with van der Waals surface area (Å²) in [5.74, 6) is -18.0. The molecule has 6 aromatic rings. The van der Waals surface area contributed by atoms with E-state index in [0.29, 0.717) is 33.0 Å². The number of rotatable bonds is 4. The van der Waals surface area contributed by atoms with Crippen LogP contribution in [0.25, 0.3) is 20.2 Å². The third-order valence-electron chi connectivity index (χ3n) is 8.51. The van der Waals surface area contributed by atoms with Crippen molar-refractivity contribution in [2.75, 3.05) is 0 Å². The highest BCUT2D eigenvalue weighted by atomic mass is 32.1. The first-order valence-electron chi connectivity index (χ1n) is 14.4. The summed E-state index contributed by atoms with van der Waals surface area (Å²) >= 11 is 2.07. The molecule has 0 saturated heterocycles. The van der Waals surface area contributed by atoms with Crippen LogP contribution in [0.1, 0.15) is 58.1 Å². The quantitative estimate of drug-likeness (QED) is 0.105. The number of aryl methyl sites for hydroxylation is 2. The number of fused-ring (bicyclic) bond motifs is 8. The van der Waals surface area contributed by atoms with Crippen LogP contribution >= 0.6 is 22.7 Å². The molecule has 4 aromatic carbocycles.